The van der Waals surface area contributed by atoms with E-state index in [4.69, 9.17) is 0 Å². The fraction of sp³-hybridized carbons (Fsp3) is 0.714. The Morgan fingerprint density at radius 1 is 1.42 bits per heavy atom. The summed E-state index contributed by atoms with van der Waals surface area (Å²) in [4.78, 5) is 21.0. The molecule has 1 unspecified atom stereocenters. The number of amidine groups is 1. The Bertz CT molecular complexity index is 397. The van der Waals surface area contributed by atoms with E-state index in [1.54, 1.807) is 0 Å². The predicted molar refractivity (Wildman–Crippen MR) is 81.6 cm³/mol. The van der Waals surface area contributed by atoms with Gasteiger partial charge in [-0.2, -0.15) is 0 Å². The molecular weight excluding hydrogens is 258 g/mol. The fourth-order valence-corrected chi connectivity index (χ4v) is 3.37. The summed E-state index contributed by atoms with van der Waals surface area (Å²) >= 11 is 1.86. The van der Waals surface area contributed by atoms with Gasteiger partial charge in [-0.3, -0.25) is 9.79 Å². The van der Waals surface area contributed by atoms with Crippen molar-refractivity contribution in [2.75, 3.05) is 32.7 Å². The van der Waals surface area contributed by atoms with Crippen molar-refractivity contribution in [3.8, 4) is 0 Å². The average Bonchev–Trinajstić information content (AvgIpc) is 2.85. The molecule has 2 aliphatic rings. The molecule has 1 amide bonds. The van der Waals surface area contributed by atoms with Crippen LogP contribution >= 0.6 is 11.8 Å². The van der Waals surface area contributed by atoms with Crippen molar-refractivity contribution < 1.29 is 4.79 Å². The second kappa shape index (κ2) is 6.46. The third kappa shape index (κ3) is 3.53. The number of allylic oxidation sites excluding steroid dienone is 1. The lowest BCUT2D eigenvalue weighted by Crippen LogP contribution is -2.50. The van der Waals surface area contributed by atoms with Crippen LogP contribution in [0.15, 0.2) is 16.6 Å². The molecule has 0 N–H and O–H groups in total. The first-order valence-corrected chi connectivity index (χ1v) is 7.92. The number of nitrogens with zero attached hydrogens (tertiary/aromatic N) is 3. The fourth-order valence-electron chi connectivity index (χ4n) is 2.38. The van der Waals surface area contributed by atoms with Crippen LogP contribution in [0.5, 0.6) is 0 Å². The maximum atomic E-state index is 12.2. The van der Waals surface area contributed by atoms with Gasteiger partial charge in [-0.1, -0.05) is 31.7 Å². The van der Waals surface area contributed by atoms with Crippen molar-refractivity contribution >= 4 is 22.8 Å². The molecule has 1 saturated heterocycles. The Labute approximate surface area is 119 Å². The van der Waals surface area contributed by atoms with E-state index in [-0.39, 0.29) is 5.91 Å². The van der Waals surface area contributed by atoms with Crippen LogP contribution < -0.4 is 0 Å². The quantitative estimate of drug-likeness (QED) is 0.726. The molecule has 0 radical (unpaired) electrons. The summed E-state index contributed by atoms with van der Waals surface area (Å²) in [5, 5.41) is 1.77. The maximum absolute atomic E-state index is 12.2. The molecule has 0 saturated carbocycles. The van der Waals surface area contributed by atoms with E-state index in [1.807, 2.05) is 29.7 Å². The number of amides is 1. The third-order valence-electron chi connectivity index (χ3n) is 3.48. The zero-order valence-corrected chi connectivity index (χ0v) is 12.9. The molecule has 106 valence electrons. The Morgan fingerprint density at radius 2 is 2.11 bits per heavy atom. The zero-order chi connectivity index (χ0) is 13.8. The molecule has 1 fully saturated rings. The second-order valence-electron chi connectivity index (χ2n) is 5.13. The van der Waals surface area contributed by atoms with Gasteiger partial charge < -0.3 is 9.80 Å². The molecule has 0 bridgehead atoms. The van der Waals surface area contributed by atoms with Gasteiger partial charge in [0.25, 0.3) is 0 Å². The standard InChI is InChI=1S/C14H23N3OS/c1-4-5-11(2)13(18)16-6-8-17(9-7-16)14-15-10-12(3)19-14/h5,12H,4,6-10H2,1-3H3. The first kappa shape index (κ1) is 14.4. The molecule has 4 nitrogen and oxygen atoms in total. The molecule has 0 aliphatic carbocycles. The van der Waals surface area contributed by atoms with Crippen LogP contribution in [0.2, 0.25) is 0 Å². The van der Waals surface area contributed by atoms with Crippen LogP contribution in [-0.4, -0.2) is 58.8 Å². The number of hydrogen-bond acceptors (Lipinski definition) is 4. The topological polar surface area (TPSA) is 35.9 Å². The Hall–Kier alpha value is -0.970. The van der Waals surface area contributed by atoms with Crippen LogP contribution in [0.1, 0.15) is 27.2 Å². The number of rotatable bonds is 2. The number of aliphatic imine (C=N–C) groups is 1. The highest BCUT2D eigenvalue weighted by Gasteiger charge is 2.26. The van der Waals surface area contributed by atoms with Crippen molar-refractivity contribution in [1.82, 2.24) is 9.80 Å². The highest BCUT2D eigenvalue weighted by molar-refractivity contribution is 8.14. The maximum Gasteiger partial charge on any atom is 0.249 e. The zero-order valence-electron chi connectivity index (χ0n) is 12.1. The summed E-state index contributed by atoms with van der Waals surface area (Å²) in [5.74, 6) is 0.191. The number of carbonyl (C=O) groups excluding carboxylic acids is 1. The molecule has 0 aromatic rings. The summed E-state index contributed by atoms with van der Waals surface area (Å²) in [7, 11) is 0. The molecule has 1 atom stereocenters. The van der Waals surface area contributed by atoms with Crippen molar-refractivity contribution in [1.29, 1.82) is 0 Å². The van der Waals surface area contributed by atoms with Crippen LogP contribution in [-0.2, 0) is 4.79 Å². The van der Waals surface area contributed by atoms with E-state index in [2.05, 4.69) is 23.7 Å². The summed E-state index contributed by atoms with van der Waals surface area (Å²) in [6.07, 6.45) is 2.93. The van der Waals surface area contributed by atoms with Gasteiger partial charge in [0.2, 0.25) is 5.91 Å². The first-order valence-electron chi connectivity index (χ1n) is 7.04. The number of hydrogen-bond donors (Lipinski definition) is 0. The van der Waals surface area contributed by atoms with Gasteiger partial charge in [0, 0.05) is 37.0 Å². The lowest BCUT2D eigenvalue weighted by Gasteiger charge is -2.35. The number of carbonyl (C=O) groups is 1. The molecule has 2 aliphatic heterocycles. The Kier molecular flexibility index (Phi) is 4.91. The van der Waals surface area contributed by atoms with E-state index in [0.717, 1.165) is 44.7 Å². The normalized spacial score (nSPS) is 24.7. The number of thioether (sulfide) groups is 1. The van der Waals surface area contributed by atoms with Crippen molar-refractivity contribution in [2.45, 2.75) is 32.4 Å². The molecule has 2 heterocycles. The number of piperazine rings is 1. The van der Waals surface area contributed by atoms with E-state index >= 15 is 0 Å². The summed E-state index contributed by atoms with van der Waals surface area (Å²) in [5.41, 5.74) is 0.872. The lowest BCUT2D eigenvalue weighted by atomic mass is 10.2. The summed E-state index contributed by atoms with van der Waals surface area (Å²) < 4.78 is 0. The van der Waals surface area contributed by atoms with Crippen molar-refractivity contribution in [3.05, 3.63) is 11.6 Å². The smallest absolute Gasteiger partial charge is 0.249 e. The van der Waals surface area contributed by atoms with Crippen molar-refractivity contribution in [2.24, 2.45) is 4.99 Å². The van der Waals surface area contributed by atoms with Gasteiger partial charge in [-0.15, -0.1) is 0 Å². The van der Waals surface area contributed by atoms with E-state index in [0.29, 0.717) is 5.25 Å². The van der Waals surface area contributed by atoms with Gasteiger partial charge in [0.15, 0.2) is 5.17 Å². The molecule has 5 heteroatoms. The molecule has 0 aromatic carbocycles. The first-order chi connectivity index (χ1) is 9.11. The highest BCUT2D eigenvalue weighted by Crippen LogP contribution is 2.23. The molecule has 0 aromatic heterocycles. The SMILES string of the molecule is CCC=C(C)C(=O)N1CCN(C2=NCC(C)S2)CC1. The molecular formula is C14H23N3OS. The lowest BCUT2D eigenvalue weighted by molar-refractivity contribution is -0.128. The third-order valence-corrected chi connectivity index (χ3v) is 4.62. The second-order valence-corrected chi connectivity index (χ2v) is 6.53. The van der Waals surface area contributed by atoms with Crippen LogP contribution in [0.25, 0.3) is 0 Å². The summed E-state index contributed by atoms with van der Waals surface area (Å²) in [6, 6.07) is 0. The van der Waals surface area contributed by atoms with E-state index < -0.39 is 0 Å². The van der Waals surface area contributed by atoms with E-state index in [1.165, 1.54) is 5.17 Å². The monoisotopic (exact) mass is 281 g/mol. The van der Waals surface area contributed by atoms with Gasteiger partial charge in [-0.25, -0.2) is 0 Å². The minimum Gasteiger partial charge on any atom is -0.348 e. The van der Waals surface area contributed by atoms with Crippen LogP contribution in [0.3, 0.4) is 0 Å². The average molecular weight is 281 g/mol. The highest BCUT2D eigenvalue weighted by atomic mass is 32.2. The predicted octanol–water partition coefficient (Wildman–Crippen LogP) is 1.98. The van der Waals surface area contributed by atoms with Crippen LogP contribution in [0.4, 0.5) is 0 Å². The van der Waals surface area contributed by atoms with Gasteiger partial charge in [0.1, 0.15) is 0 Å². The minimum absolute atomic E-state index is 0.191. The Morgan fingerprint density at radius 3 is 2.63 bits per heavy atom. The van der Waals surface area contributed by atoms with Gasteiger partial charge in [-0.05, 0) is 13.3 Å². The largest absolute Gasteiger partial charge is 0.348 e. The Balaban J connectivity index is 1.86. The van der Waals surface area contributed by atoms with Crippen LogP contribution in [0, 0.1) is 0 Å². The molecule has 0 spiro atoms. The van der Waals surface area contributed by atoms with Gasteiger partial charge >= 0.3 is 0 Å². The van der Waals surface area contributed by atoms with Gasteiger partial charge in [0.05, 0.1) is 6.54 Å². The molecule has 19 heavy (non-hydrogen) atoms. The molecule has 2 rings (SSSR count). The van der Waals surface area contributed by atoms with Crippen molar-refractivity contribution in [3.63, 3.8) is 0 Å². The minimum atomic E-state index is 0.191. The summed E-state index contributed by atoms with van der Waals surface area (Å²) in [6.45, 7) is 10.5. The van der Waals surface area contributed by atoms with E-state index in [9.17, 15) is 4.79 Å².